The van der Waals surface area contributed by atoms with Crippen LogP contribution >= 0.6 is 23.2 Å². The second-order valence-electron chi connectivity index (χ2n) is 4.94. The van der Waals surface area contributed by atoms with Gasteiger partial charge in [0.1, 0.15) is 12.4 Å². The van der Waals surface area contributed by atoms with E-state index in [1.165, 1.54) is 31.3 Å². The minimum atomic E-state index is -0.607. The van der Waals surface area contributed by atoms with Crippen LogP contribution in [0.25, 0.3) is 0 Å². The second kappa shape index (κ2) is 7.99. The smallest absolute Gasteiger partial charge is 0.322 e. The van der Waals surface area contributed by atoms with Crippen molar-refractivity contribution in [2.75, 3.05) is 24.2 Å². The molecule has 0 saturated carbocycles. The molecule has 0 unspecified atom stereocenters. The number of amides is 3. The van der Waals surface area contributed by atoms with Crippen LogP contribution in [0.1, 0.15) is 0 Å². The number of para-hydroxylation sites is 1. The van der Waals surface area contributed by atoms with Gasteiger partial charge >= 0.3 is 6.03 Å². The molecule has 2 aromatic rings. The van der Waals surface area contributed by atoms with Gasteiger partial charge in [-0.05, 0) is 30.3 Å². The zero-order valence-corrected chi connectivity index (χ0v) is 14.2. The zero-order chi connectivity index (χ0) is 17.7. The summed E-state index contributed by atoms with van der Waals surface area (Å²) in [4.78, 5) is 25.1. The van der Waals surface area contributed by atoms with Gasteiger partial charge in [0.25, 0.3) is 0 Å². The lowest BCUT2D eigenvalue weighted by Gasteiger charge is -2.18. The number of nitrogens with one attached hydrogen (secondary N) is 2. The third kappa shape index (κ3) is 4.84. The highest BCUT2D eigenvalue weighted by Gasteiger charge is 2.15. The van der Waals surface area contributed by atoms with E-state index in [0.29, 0.717) is 15.7 Å². The lowest BCUT2D eigenvalue weighted by molar-refractivity contribution is -0.116. The van der Waals surface area contributed by atoms with Crippen LogP contribution in [-0.2, 0) is 4.79 Å². The molecular formula is C16H14Cl2FN3O2. The first kappa shape index (κ1) is 18.0. The molecule has 0 aromatic heterocycles. The summed E-state index contributed by atoms with van der Waals surface area (Å²) in [5, 5.41) is 5.66. The molecule has 0 fully saturated rings. The van der Waals surface area contributed by atoms with Crippen LogP contribution in [0.4, 0.5) is 20.6 Å². The Kier molecular flexibility index (Phi) is 6.00. The van der Waals surface area contributed by atoms with Crippen LogP contribution in [0.15, 0.2) is 42.5 Å². The maximum atomic E-state index is 13.5. The Bertz CT molecular complexity index is 771. The molecule has 0 aliphatic heterocycles. The number of carbonyl (C=O) groups excluding carboxylic acids is 2. The fraction of sp³-hybridized carbons (Fsp3) is 0.125. The van der Waals surface area contributed by atoms with Gasteiger partial charge in [0, 0.05) is 12.7 Å². The summed E-state index contributed by atoms with van der Waals surface area (Å²) in [5.41, 5.74) is 0.497. The number of urea groups is 1. The fourth-order valence-corrected chi connectivity index (χ4v) is 2.13. The molecule has 3 amide bonds. The largest absolute Gasteiger partial charge is 0.324 e. The van der Waals surface area contributed by atoms with E-state index in [0.717, 1.165) is 4.90 Å². The van der Waals surface area contributed by atoms with Crippen LogP contribution in [0.5, 0.6) is 0 Å². The molecule has 8 heteroatoms. The Morgan fingerprint density at radius 1 is 1.08 bits per heavy atom. The quantitative estimate of drug-likeness (QED) is 0.846. The minimum Gasteiger partial charge on any atom is -0.324 e. The maximum absolute atomic E-state index is 13.5. The second-order valence-corrected chi connectivity index (χ2v) is 5.76. The van der Waals surface area contributed by atoms with Gasteiger partial charge in [-0.1, -0.05) is 35.3 Å². The number of halogens is 3. The number of hydrogen-bond donors (Lipinski definition) is 2. The van der Waals surface area contributed by atoms with Crippen molar-refractivity contribution in [3.8, 4) is 0 Å². The van der Waals surface area contributed by atoms with Gasteiger partial charge in [0.05, 0.1) is 15.7 Å². The summed E-state index contributed by atoms with van der Waals surface area (Å²) in [7, 11) is 1.42. The molecule has 2 rings (SSSR count). The van der Waals surface area contributed by atoms with Crippen molar-refractivity contribution in [1.29, 1.82) is 0 Å². The molecule has 0 radical (unpaired) electrons. The van der Waals surface area contributed by atoms with Crippen molar-refractivity contribution < 1.29 is 14.0 Å². The number of hydrogen-bond acceptors (Lipinski definition) is 2. The van der Waals surface area contributed by atoms with E-state index in [1.54, 1.807) is 18.2 Å². The Balaban J connectivity index is 1.92. The third-order valence-corrected chi connectivity index (χ3v) is 3.79. The molecule has 0 heterocycles. The minimum absolute atomic E-state index is 0.0410. The number of benzene rings is 2. The molecule has 0 bridgehead atoms. The molecule has 0 aliphatic rings. The van der Waals surface area contributed by atoms with E-state index in [1.807, 2.05) is 0 Å². The lowest BCUT2D eigenvalue weighted by atomic mass is 10.3. The van der Waals surface area contributed by atoms with Gasteiger partial charge in [-0.25, -0.2) is 9.18 Å². The standard InChI is InChI=1S/C16H14Cl2FN3O2/c1-22(16(24)21-14-5-3-2-4-13(14)19)9-15(23)20-10-6-7-11(17)12(18)8-10/h2-8H,9H2,1H3,(H,20,23)(H,21,24). The number of nitrogens with zero attached hydrogens (tertiary/aromatic N) is 1. The van der Waals surface area contributed by atoms with Crippen molar-refractivity contribution in [3.05, 3.63) is 58.3 Å². The van der Waals surface area contributed by atoms with Crippen LogP contribution in [-0.4, -0.2) is 30.4 Å². The highest BCUT2D eigenvalue weighted by Crippen LogP contribution is 2.24. The first-order chi connectivity index (χ1) is 11.4. The first-order valence-electron chi connectivity index (χ1n) is 6.88. The predicted octanol–water partition coefficient (Wildman–Crippen LogP) is 4.23. The first-order valence-corrected chi connectivity index (χ1v) is 7.64. The monoisotopic (exact) mass is 369 g/mol. The number of rotatable bonds is 4. The Morgan fingerprint density at radius 2 is 1.79 bits per heavy atom. The van der Waals surface area contributed by atoms with E-state index in [9.17, 15) is 14.0 Å². The van der Waals surface area contributed by atoms with Crippen LogP contribution in [0.3, 0.4) is 0 Å². The molecule has 5 nitrogen and oxygen atoms in total. The SMILES string of the molecule is CN(CC(=O)Nc1ccc(Cl)c(Cl)c1)C(=O)Nc1ccccc1F. The molecule has 0 spiro atoms. The zero-order valence-electron chi connectivity index (χ0n) is 12.6. The summed E-state index contributed by atoms with van der Waals surface area (Å²) in [5.74, 6) is -0.987. The van der Waals surface area contributed by atoms with E-state index in [2.05, 4.69) is 10.6 Å². The van der Waals surface area contributed by atoms with Gasteiger partial charge in [-0.3, -0.25) is 4.79 Å². The van der Waals surface area contributed by atoms with Crippen molar-refractivity contribution in [3.63, 3.8) is 0 Å². The summed E-state index contributed by atoms with van der Waals surface area (Å²) in [6, 6.07) is 9.80. The maximum Gasteiger partial charge on any atom is 0.322 e. The number of likely N-dealkylation sites (N-methyl/N-ethyl adjacent to an activating group) is 1. The van der Waals surface area contributed by atoms with Gasteiger partial charge in [-0.15, -0.1) is 0 Å². The molecule has 126 valence electrons. The molecular weight excluding hydrogens is 356 g/mol. The van der Waals surface area contributed by atoms with Gasteiger partial charge in [-0.2, -0.15) is 0 Å². The summed E-state index contributed by atoms with van der Waals surface area (Å²) < 4.78 is 13.5. The number of anilines is 2. The van der Waals surface area contributed by atoms with Crippen LogP contribution in [0, 0.1) is 5.82 Å². The Hall–Kier alpha value is -2.31. The van der Waals surface area contributed by atoms with Gasteiger partial charge in [0.2, 0.25) is 5.91 Å². The van der Waals surface area contributed by atoms with Crippen LogP contribution < -0.4 is 10.6 Å². The van der Waals surface area contributed by atoms with Crippen molar-refractivity contribution >= 4 is 46.5 Å². The molecule has 0 atom stereocenters. The van der Waals surface area contributed by atoms with Crippen molar-refractivity contribution in [1.82, 2.24) is 4.90 Å². The molecule has 2 N–H and O–H groups in total. The van der Waals surface area contributed by atoms with Gasteiger partial charge < -0.3 is 15.5 Å². The average molecular weight is 370 g/mol. The van der Waals surface area contributed by atoms with E-state index >= 15 is 0 Å². The Morgan fingerprint density at radius 3 is 2.46 bits per heavy atom. The van der Waals surface area contributed by atoms with E-state index in [-0.39, 0.29) is 12.2 Å². The topological polar surface area (TPSA) is 61.4 Å². The molecule has 2 aromatic carbocycles. The predicted molar refractivity (Wildman–Crippen MR) is 93.1 cm³/mol. The van der Waals surface area contributed by atoms with Crippen molar-refractivity contribution in [2.45, 2.75) is 0 Å². The lowest BCUT2D eigenvalue weighted by Crippen LogP contribution is -2.37. The normalized spacial score (nSPS) is 10.2. The Labute approximate surface area is 148 Å². The molecule has 0 aliphatic carbocycles. The van der Waals surface area contributed by atoms with Gasteiger partial charge in [0.15, 0.2) is 0 Å². The fourth-order valence-electron chi connectivity index (χ4n) is 1.83. The summed E-state index contributed by atoms with van der Waals surface area (Å²) in [6.45, 7) is -0.222. The average Bonchev–Trinajstić information content (AvgIpc) is 2.53. The third-order valence-electron chi connectivity index (χ3n) is 3.05. The van der Waals surface area contributed by atoms with Crippen molar-refractivity contribution in [2.24, 2.45) is 0 Å². The molecule has 0 saturated heterocycles. The molecule has 24 heavy (non-hydrogen) atoms. The highest BCUT2D eigenvalue weighted by molar-refractivity contribution is 6.42. The highest BCUT2D eigenvalue weighted by atomic mass is 35.5. The van der Waals surface area contributed by atoms with E-state index < -0.39 is 17.8 Å². The van der Waals surface area contributed by atoms with E-state index in [4.69, 9.17) is 23.2 Å². The summed E-state index contributed by atoms with van der Waals surface area (Å²) in [6.07, 6.45) is 0. The summed E-state index contributed by atoms with van der Waals surface area (Å²) >= 11 is 11.7. The van der Waals surface area contributed by atoms with Crippen LogP contribution in [0.2, 0.25) is 10.0 Å². The number of carbonyl (C=O) groups is 2.